The largest absolute Gasteiger partial charge is 0.497 e. The maximum absolute atomic E-state index is 13.4. The zero-order valence-electron chi connectivity index (χ0n) is 8.40. The zero-order chi connectivity index (χ0) is 10.9. The third-order valence-electron chi connectivity index (χ3n) is 1.90. The van der Waals surface area contributed by atoms with Crippen LogP contribution in [0.15, 0.2) is 12.1 Å². The summed E-state index contributed by atoms with van der Waals surface area (Å²) in [6.45, 7) is 3.09. The summed E-state index contributed by atoms with van der Waals surface area (Å²) in [5.41, 5.74) is 4.46. The molecule has 0 aromatic heterocycles. The van der Waals surface area contributed by atoms with Gasteiger partial charge in [-0.05, 0) is 13.8 Å². The van der Waals surface area contributed by atoms with Gasteiger partial charge in [-0.1, -0.05) is 0 Å². The molecule has 0 bridgehead atoms. The predicted molar refractivity (Wildman–Crippen MR) is 50.1 cm³/mol. The molecular formula is C10H13F2NO. The monoisotopic (exact) mass is 201 g/mol. The molecule has 1 aromatic rings. The van der Waals surface area contributed by atoms with E-state index >= 15 is 0 Å². The van der Waals surface area contributed by atoms with Crippen molar-refractivity contribution in [3.05, 3.63) is 29.3 Å². The number of ether oxygens (including phenoxy) is 1. The van der Waals surface area contributed by atoms with E-state index in [-0.39, 0.29) is 11.3 Å². The molecule has 0 saturated heterocycles. The molecule has 0 saturated carbocycles. The third-order valence-corrected chi connectivity index (χ3v) is 1.90. The summed E-state index contributed by atoms with van der Waals surface area (Å²) in [5.74, 6) is -1.23. The molecule has 0 fully saturated rings. The molecule has 0 spiro atoms. The van der Waals surface area contributed by atoms with Crippen LogP contribution in [0.1, 0.15) is 19.4 Å². The molecule has 0 amide bonds. The van der Waals surface area contributed by atoms with Crippen molar-refractivity contribution in [2.75, 3.05) is 7.11 Å². The minimum atomic E-state index is -1.04. The van der Waals surface area contributed by atoms with Gasteiger partial charge in [0.1, 0.15) is 17.4 Å². The maximum atomic E-state index is 13.4. The molecule has 2 nitrogen and oxygen atoms in total. The first kappa shape index (κ1) is 10.9. The highest BCUT2D eigenvalue weighted by atomic mass is 19.1. The van der Waals surface area contributed by atoms with E-state index in [1.54, 1.807) is 13.8 Å². The summed E-state index contributed by atoms with van der Waals surface area (Å²) >= 11 is 0. The van der Waals surface area contributed by atoms with Gasteiger partial charge in [0.15, 0.2) is 0 Å². The molecule has 14 heavy (non-hydrogen) atoms. The fraction of sp³-hybridized carbons (Fsp3) is 0.400. The number of benzene rings is 1. The van der Waals surface area contributed by atoms with Gasteiger partial charge in [-0.3, -0.25) is 0 Å². The predicted octanol–water partition coefficient (Wildman–Crippen LogP) is 2.17. The van der Waals surface area contributed by atoms with Crippen LogP contribution in [0.5, 0.6) is 5.75 Å². The Morgan fingerprint density at radius 3 is 1.93 bits per heavy atom. The van der Waals surface area contributed by atoms with Crippen LogP contribution in [-0.4, -0.2) is 7.11 Å². The Morgan fingerprint density at radius 2 is 1.64 bits per heavy atom. The average Bonchev–Trinajstić information content (AvgIpc) is 1.99. The number of methoxy groups -OCH3 is 1. The Morgan fingerprint density at radius 1 is 1.21 bits per heavy atom. The molecule has 0 radical (unpaired) electrons. The molecule has 0 aliphatic rings. The summed E-state index contributed by atoms with van der Waals surface area (Å²) in [6.07, 6.45) is 0. The maximum Gasteiger partial charge on any atom is 0.134 e. The quantitative estimate of drug-likeness (QED) is 0.795. The number of halogens is 2. The lowest BCUT2D eigenvalue weighted by molar-refractivity contribution is 0.398. The molecule has 0 aliphatic heterocycles. The second-order valence-electron chi connectivity index (χ2n) is 3.69. The first-order chi connectivity index (χ1) is 6.36. The van der Waals surface area contributed by atoms with Crippen LogP contribution in [-0.2, 0) is 5.54 Å². The molecule has 0 heterocycles. The van der Waals surface area contributed by atoms with E-state index in [2.05, 4.69) is 0 Å². The molecule has 0 unspecified atom stereocenters. The molecule has 0 atom stereocenters. The summed E-state index contributed by atoms with van der Waals surface area (Å²) in [4.78, 5) is 0. The number of hydrogen-bond donors (Lipinski definition) is 1. The number of rotatable bonds is 2. The fourth-order valence-corrected chi connectivity index (χ4v) is 1.28. The first-order valence-electron chi connectivity index (χ1n) is 4.18. The van der Waals surface area contributed by atoms with Gasteiger partial charge in [0.2, 0.25) is 0 Å². The SMILES string of the molecule is COc1cc(F)c(C(C)(C)N)c(F)c1. The van der Waals surface area contributed by atoms with Crippen LogP contribution in [0.2, 0.25) is 0 Å². The van der Waals surface area contributed by atoms with Crippen LogP contribution in [0.4, 0.5) is 8.78 Å². The lowest BCUT2D eigenvalue weighted by atomic mass is 9.94. The van der Waals surface area contributed by atoms with Crippen LogP contribution >= 0.6 is 0 Å². The smallest absolute Gasteiger partial charge is 0.134 e. The Bertz CT molecular complexity index is 321. The Labute approximate surface area is 81.7 Å². The zero-order valence-corrected chi connectivity index (χ0v) is 8.40. The van der Waals surface area contributed by atoms with Gasteiger partial charge in [0, 0.05) is 23.2 Å². The second kappa shape index (κ2) is 3.53. The second-order valence-corrected chi connectivity index (χ2v) is 3.69. The molecular weight excluding hydrogens is 188 g/mol. The van der Waals surface area contributed by atoms with E-state index in [9.17, 15) is 8.78 Å². The van der Waals surface area contributed by atoms with E-state index in [0.717, 1.165) is 12.1 Å². The van der Waals surface area contributed by atoms with Gasteiger partial charge >= 0.3 is 0 Å². The van der Waals surface area contributed by atoms with Crippen molar-refractivity contribution in [2.45, 2.75) is 19.4 Å². The van der Waals surface area contributed by atoms with Crippen molar-refractivity contribution < 1.29 is 13.5 Å². The third kappa shape index (κ3) is 2.01. The van der Waals surface area contributed by atoms with Gasteiger partial charge in [0.05, 0.1) is 7.11 Å². The van der Waals surface area contributed by atoms with Crippen molar-refractivity contribution in [1.82, 2.24) is 0 Å². The molecule has 78 valence electrons. The topological polar surface area (TPSA) is 35.2 Å². The van der Waals surface area contributed by atoms with Gasteiger partial charge in [0.25, 0.3) is 0 Å². The van der Waals surface area contributed by atoms with Gasteiger partial charge < -0.3 is 10.5 Å². The minimum absolute atomic E-state index is 0.127. The van der Waals surface area contributed by atoms with Crippen molar-refractivity contribution in [3.63, 3.8) is 0 Å². The van der Waals surface area contributed by atoms with E-state index < -0.39 is 17.2 Å². The summed E-state index contributed by atoms with van der Waals surface area (Å²) < 4.78 is 31.5. The van der Waals surface area contributed by atoms with E-state index in [4.69, 9.17) is 10.5 Å². The van der Waals surface area contributed by atoms with Crippen molar-refractivity contribution in [2.24, 2.45) is 5.73 Å². The van der Waals surface area contributed by atoms with Crippen LogP contribution in [0.3, 0.4) is 0 Å². The van der Waals surface area contributed by atoms with E-state index in [1.165, 1.54) is 7.11 Å². The summed E-state index contributed by atoms with van der Waals surface area (Å²) in [6, 6.07) is 2.24. The highest BCUT2D eigenvalue weighted by molar-refractivity contribution is 5.34. The summed E-state index contributed by atoms with van der Waals surface area (Å²) in [5, 5.41) is 0. The number of hydrogen-bond acceptors (Lipinski definition) is 2. The van der Waals surface area contributed by atoms with Crippen molar-refractivity contribution in [3.8, 4) is 5.75 Å². The van der Waals surface area contributed by atoms with Crippen LogP contribution < -0.4 is 10.5 Å². The Hall–Kier alpha value is -1.16. The highest BCUT2D eigenvalue weighted by Gasteiger charge is 2.24. The molecule has 2 N–H and O–H groups in total. The molecule has 1 aromatic carbocycles. The molecule has 0 aliphatic carbocycles. The van der Waals surface area contributed by atoms with E-state index in [1.807, 2.05) is 0 Å². The standard InChI is InChI=1S/C10H13F2NO/c1-10(2,13)9-7(11)4-6(14-3)5-8(9)12/h4-5H,13H2,1-3H3. The van der Waals surface area contributed by atoms with E-state index in [0.29, 0.717) is 0 Å². The average molecular weight is 201 g/mol. The van der Waals surface area contributed by atoms with Gasteiger partial charge in [-0.2, -0.15) is 0 Å². The normalized spacial score (nSPS) is 11.6. The van der Waals surface area contributed by atoms with Crippen LogP contribution in [0.25, 0.3) is 0 Å². The minimum Gasteiger partial charge on any atom is -0.497 e. The number of nitrogens with two attached hydrogens (primary N) is 1. The lowest BCUT2D eigenvalue weighted by Gasteiger charge is -2.20. The fourth-order valence-electron chi connectivity index (χ4n) is 1.28. The van der Waals surface area contributed by atoms with Crippen molar-refractivity contribution in [1.29, 1.82) is 0 Å². The Balaban J connectivity index is 3.33. The Kier molecular flexibility index (Phi) is 2.76. The first-order valence-corrected chi connectivity index (χ1v) is 4.18. The van der Waals surface area contributed by atoms with Crippen molar-refractivity contribution >= 4 is 0 Å². The lowest BCUT2D eigenvalue weighted by Crippen LogP contribution is -2.31. The molecule has 1 rings (SSSR count). The van der Waals surface area contributed by atoms with Gasteiger partial charge in [-0.25, -0.2) is 8.78 Å². The summed E-state index contributed by atoms with van der Waals surface area (Å²) in [7, 11) is 1.35. The highest BCUT2D eigenvalue weighted by Crippen LogP contribution is 2.27. The molecule has 4 heteroatoms. The van der Waals surface area contributed by atoms with Crippen LogP contribution in [0, 0.1) is 11.6 Å². The van der Waals surface area contributed by atoms with Gasteiger partial charge in [-0.15, -0.1) is 0 Å².